The van der Waals surface area contributed by atoms with Gasteiger partial charge in [0.1, 0.15) is 5.82 Å². The van der Waals surface area contributed by atoms with Gasteiger partial charge in [-0.05, 0) is 36.6 Å². The molecule has 0 saturated carbocycles. The van der Waals surface area contributed by atoms with E-state index < -0.39 is 0 Å². The monoisotopic (exact) mass is 306 g/mol. The average molecular weight is 306 g/mol. The van der Waals surface area contributed by atoms with Crippen LogP contribution in [0.4, 0.5) is 4.39 Å². The molecule has 3 fully saturated rings. The van der Waals surface area contributed by atoms with Gasteiger partial charge in [0, 0.05) is 32.2 Å². The molecule has 1 aromatic rings. The van der Waals surface area contributed by atoms with Crippen molar-refractivity contribution in [1.29, 1.82) is 0 Å². The van der Waals surface area contributed by atoms with Crippen molar-refractivity contribution in [2.75, 3.05) is 46.4 Å². The Labute approximate surface area is 130 Å². The van der Waals surface area contributed by atoms with Gasteiger partial charge in [0.25, 0.3) is 0 Å². The lowest BCUT2D eigenvalue weighted by atomic mass is 9.89. The Morgan fingerprint density at radius 2 is 2.00 bits per heavy atom. The van der Waals surface area contributed by atoms with E-state index in [4.69, 9.17) is 9.47 Å². The van der Waals surface area contributed by atoms with Crippen LogP contribution in [-0.4, -0.2) is 62.5 Å². The minimum atomic E-state index is -0.142. The molecule has 3 saturated heterocycles. The van der Waals surface area contributed by atoms with E-state index in [2.05, 4.69) is 22.9 Å². The zero-order valence-electron chi connectivity index (χ0n) is 13.0. The summed E-state index contributed by atoms with van der Waals surface area (Å²) in [5, 5.41) is 0. The summed E-state index contributed by atoms with van der Waals surface area (Å²) in [7, 11) is 2.15. The van der Waals surface area contributed by atoms with Gasteiger partial charge in [0.15, 0.2) is 6.29 Å². The molecule has 0 aromatic heterocycles. The van der Waals surface area contributed by atoms with Crippen LogP contribution in [0.25, 0.3) is 0 Å². The van der Waals surface area contributed by atoms with Crippen molar-refractivity contribution in [2.24, 2.45) is 11.8 Å². The van der Waals surface area contributed by atoms with Crippen LogP contribution in [0.5, 0.6) is 0 Å². The summed E-state index contributed by atoms with van der Waals surface area (Å²) in [6.07, 6.45) is -0.0656. The SMILES string of the molecule is CN1C[C@H]2CN(CC3OCCO3)C[C@H]2[C@@H]1c1cccc(F)c1. The van der Waals surface area contributed by atoms with E-state index in [0.29, 0.717) is 31.1 Å². The van der Waals surface area contributed by atoms with E-state index in [1.54, 1.807) is 6.07 Å². The number of hydrogen-bond donors (Lipinski definition) is 0. The highest BCUT2D eigenvalue weighted by Crippen LogP contribution is 2.44. The molecule has 0 spiro atoms. The lowest BCUT2D eigenvalue weighted by Crippen LogP contribution is -2.34. The largest absolute Gasteiger partial charge is 0.349 e. The number of benzene rings is 1. The minimum Gasteiger partial charge on any atom is -0.349 e. The van der Waals surface area contributed by atoms with Crippen LogP contribution in [0.15, 0.2) is 24.3 Å². The van der Waals surface area contributed by atoms with Crippen LogP contribution in [0, 0.1) is 17.7 Å². The van der Waals surface area contributed by atoms with E-state index in [0.717, 1.165) is 31.7 Å². The van der Waals surface area contributed by atoms with Gasteiger partial charge in [-0.15, -0.1) is 0 Å². The van der Waals surface area contributed by atoms with Crippen LogP contribution in [0.3, 0.4) is 0 Å². The van der Waals surface area contributed by atoms with E-state index in [1.165, 1.54) is 6.07 Å². The number of ether oxygens (including phenoxy) is 2. The molecule has 1 aromatic carbocycles. The molecular formula is C17H23FN2O2. The number of likely N-dealkylation sites (tertiary alicyclic amines) is 2. The Hall–Kier alpha value is -1.01. The molecule has 4 nitrogen and oxygen atoms in total. The van der Waals surface area contributed by atoms with Gasteiger partial charge in [-0.2, -0.15) is 0 Å². The third kappa shape index (κ3) is 2.67. The smallest absolute Gasteiger partial charge is 0.170 e. The summed E-state index contributed by atoms with van der Waals surface area (Å²) in [4.78, 5) is 4.83. The van der Waals surface area contributed by atoms with Gasteiger partial charge in [-0.25, -0.2) is 4.39 Å². The number of fused-ring (bicyclic) bond motifs is 1. The summed E-state index contributed by atoms with van der Waals surface area (Å²) >= 11 is 0. The van der Waals surface area contributed by atoms with Crippen molar-refractivity contribution in [3.05, 3.63) is 35.6 Å². The molecule has 0 bridgehead atoms. The maximum absolute atomic E-state index is 13.6. The summed E-state index contributed by atoms with van der Waals surface area (Å²) in [6, 6.07) is 7.40. The fourth-order valence-electron chi connectivity index (χ4n) is 4.41. The van der Waals surface area contributed by atoms with Crippen LogP contribution in [0.1, 0.15) is 11.6 Å². The molecule has 120 valence electrons. The predicted octanol–water partition coefficient (Wildman–Crippen LogP) is 1.73. The molecule has 0 aliphatic carbocycles. The lowest BCUT2D eigenvalue weighted by molar-refractivity contribution is -0.0601. The Balaban J connectivity index is 1.47. The van der Waals surface area contributed by atoms with Gasteiger partial charge in [-0.3, -0.25) is 9.80 Å². The summed E-state index contributed by atoms with van der Waals surface area (Å²) in [6.45, 7) is 5.48. The summed E-state index contributed by atoms with van der Waals surface area (Å²) < 4.78 is 24.7. The number of halogens is 1. The summed E-state index contributed by atoms with van der Waals surface area (Å²) in [5.74, 6) is 1.07. The highest BCUT2D eigenvalue weighted by molar-refractivity contribution is 5.23. The second-order valence-electron chi connectivity index (χ2n) is 6.75. The first kappa shape index (κ1) is 14.6. The maximum atomic E-state index is 13.6. The van der Waals surface area contributed by atoms with E-state index >= 15 is 0 Å². The summed E-state index contributed by atoms with van der Waals surface area (Å²) in [5.41, 5.74) is 1.10. The predicted molar refractivity (Wildman–Crippen MR) is 80.9 cm³/mol. The van der Waals surface area contributed by atoms with Gasteiger partial charge in [-0.1, -0.05) is 12.1 Å². The lowest BCUT2D eigenvalue weighted by Gasteiger charge is -2.27. The molecule has 0 radical (unpaired) electrons. The van der Waals surface area contributed by atoms with Crippen molar-refractivity contribution in [2.45, 2.75) is 12.3 Å². The fourth-order valence-corrected chi connectivity index (χ4v) is 4.41. The van der Waals surface area contributed by atoms with Crippen molar-refractivity contribution < 1.29 is 13.9 Å². The Bertz CT molecular complexity index is 535. The fraction of sp³-hybridized carbons (Fsp3) is 0.647. The molecule has 3 aliphatic heterocycles. The Morgan fingerprint density at radius 3 is 2.77 bits per heavy atom. The molecule has 3 heterocycles. The Kier molecular flexibility index (Phi) is 3.90. The average Bonchev–Trinajstić information content (AvgIpc) is 3.15. The second-order valence-corrected chi connectivity index (χ2v) is 6.75. The molecule has 3 aliphatic rings. The maximum Gasteiger partial charge on any atom is 0.170 e. The van der Waals surface area contributed by atoms with Gasteiger partial charge >= 0.3 is 0 Å². The second kappa shape index (κ2) is 5.89. The molecule has 0 N–H and O–H groups in total. The van der Waals surface area contributed by atoms with Crippen molar-refractivity contribution in [1.82, 2.24) is 9.80 Å². The third-order valence-electron chi connectivity index (χ3n) is 5.26. The first-order valence-electron chi connectivity index (χ1n) is 8.12. The van der Waals surface area contributed by atoms with Crippen LogP contribution >= 0.6 is 0 Å². The number of rotatable bonds is 3. The molecular weight excluding hydrogens is 283 g/mol. The van der Waals surface area contributed by atoms with Crippen LogP contribution < -0.4 is 0 Å². The van der Waals surface area contributed by atoms with Gasteiger partial charge in [0.2, 0.25) is 0 Å². The van der Waals surface area contributed by atoms with Crippen molar-refractivity contribution in [3.63, 3.8) is 0 Å². The van der Waals surface area contributed by atoms with Gasteiger partial charge in [0.05, 0.1) is 13.2 Å². The van der Waals surface area contributed by atoms with E-state index in [1.807, 2.05) is 6.07 Å². The number of nitrogens with zero attached hydrogens (tertiary/aromatic N) is 2. The molecule has 0 unspecified atom stereocenters. The third-order valence-corrected chi connectivity index (χ3v) is 5.26. The normalized spacial score (nSPS) is 33.6. The standard InChI is InChI=1S/C17H23FN2O2/c1-19-8-13-9-20(11-16-21-5-6-22-16)10-15(13)17(19)12-3-2-4-14(18)7-12/h2-4,7,13,15-17H,5-6,8-11H2,1H3/t13-,15+,17-/m0/s1. The van der Waals surface area contributed by atoms with Crippen LogP contribution in [-0.2, 0) is 9.47 Å². The zero-order chi connectivity index (χ0) is 15.1. The van der Waals surface area contributed by atoms with Crippen LogP contribution in [0.2, 0.25) is 0 Å². The molecule has 0 amide bonds. The van der Waals surface area contributed by atoms with E-state index in [9.17, 15) is 4.39 Å². The minimum absolute atomic E-state index is 0.0656. The molecule has 5 heteroatoms. The quantitative estimate of drug-likeness (QED) is 0.849. The number of hydrogen-bond acceptors (Lipinski definition) is 4. The zero-order valence-corrected chi connectivity index (χ0v) is 13.0. The van der Waals surface area contributed by atoms with Gasteiger partial charge < -0.3 is 9.47 Å². The van der Waals surface area contributed by atoms with Crippen molar-refractivity contribution in [3.8, 4) is 0 Å². The topological polar surface area (TPSA) is 24.9 Å². The molecule has 4 rings (SSSR count). The first-order valence-corrected chi connectivity index (χ1v) is 8.12. The molecule has 3 atom stereocenters. The molecule has 22 heavy (non-hydrogen) atoms. The Morgan fingerprint density at radius 1 is 1.18 bits per heavy atom. The highest BCUT2D eigenvalue weighted by Gasteiger charge is 2.46. The van der Waals surface area contributed by atoms with E-state index in [-0.39, 0.29) is 12.1 Å². The highest BCUT2D eigenvalue weighted by atomic mass is 19.1. The first-order chi connectivity index (χ1) is 10.7. The van der Waals surface area contributed by atoms with Crippen molar-refractivity contribution >= 4 is 0 Å².